The average molecular weight is 636 g/mol. The fraction of sp³-hybridized carbons (Fsp3) is 0.500. The Hall–Kier alpha value is -2.89. The third-order valence-corrected chi connectivity index (χ3v) is 10.0. The number of imidazole rings is 1. The van der Waals surface area contributed by atoms with E-state index in [1.54, 1.807) is 0 Å². The molecule has 0 spiro atoms. The van der Waals surface area contributed by atoms with E-state index >= 15 is 4.39 Å². The van der Waals surface area contributed by atoms with Gasteiger partial charge in [0.15, 0.2) is 28.6 Å². The van der Waals surface area contributed by atoms with E-state index in [1.165, 1.54) is 0 Å². The van der Waals surface area contributed by atoms with E-state index in [-0.39, 0.29) is 47.8 Å². The molecule has 2 aromatic rings. The van der Waals surface area contributed by atoms with Gasteiger partial charge in [0.05, 0.1) is 26.0 Å². The van der Waals surface area contributed by atoms with Gasteiger partial charge >= 0.3 is 7.75 Å². The first-order chi connectivity index (χ1) is 20.3. The first-order valence-corrected chi connectivity index (χ1v) is 16.1. The van der Waals surface area contributed by atoms with Crippen LogP contribution in [-0.4, -0.2) is 68.2 Å². The Morgan fingerprint density at radius 1 is 1.40 bits per heavy atom. The number of hydrogen-bond acceptors (Lipinski definition) is 11. The zero-order valence-corrected chi connectivity index (χ0v) is 25.8. The zero-order valence-electron chi connectivity index (χ0n) is 24.1. The van der Waals surface area contributed by atoms with Crippen molar-refractivity contribution in [3.63, 3.8) is 0 Å². The van der Waals surface area contributed by atoms with Crippen LogP contribution < -0.4 is 10.8 Å². The molecule has 12 nitrogen and oxygen atoms in total. The number of nitrogens with two attached hydrogens (primary N) is 1. The van der Waals surface area contributed by atoms with Crippen molar-refractivity contribution in [1.82, 2.24) is 14.6 Å². The van der Waals surface area contributed by atoms with E-state index in [1.807, 2.05) is 57.0 Å². The molecule has 1 aromatic carbocycles. The van der Waals surface area contributed by atoms with Gasteiger partial charge in [-0.3, -0.25) is 23.2 Å². The number of terminal acetylenes is 1. The highest BCUT2D eigenvalue weighted by molar-refractivity contribution is 8.13. The molecule has 1 saturated heterocycles. The number of hydrogen-bond donors (Lipinski definition) is 3. The second kappa shape index (κ2) is 13.4. The van der Waals surface area contributed by atoms with Gasteiger partial charge in [0.2, 0.25) is 5.67 Å². The molecule has 0 amide bonds. The van der Waals surface area contributed by atoms with E-state index in [2.05, 4.69) is 15.1 Å². The summed E-state index contributed by atoms with van der Waals surface area (Å²) in [6.07, 6.45) is 2.18. The lowest BCUT2D eigenvalue weighted by atomic mass is 9.92. The van der Waals surface area contributed by atoms with Crippen molar-refractivity contribution in [1.29, 1.82) is 0 Å². The maximum absolute atomic E-state index is 16.1. The van der Waals surface area contributed by atoms with E-state index in [9.17, 15) is 19.3 Å². The average Bonchev–Trinajstić information content (AvgIpc) is 3.52. The molecule has 1 fully saturated rings. The monoisotopic (exact) mass is 635 g/mol. The van der Waals surface area contributed by atoms with Crippen LogP contribution in [0.3, 0.4) is 0 Å². The number of thioether (sulfide) groups is 1. The minimum Gasteiger partial charge on any atom is -0.387 e. The lowest BCUT2D eigenvalue weighted by Gasteiger charge is -2.24. The van der Waals surface area contributed by atoms with Crippen LogP contribution in [0.4, 0.5) is 10.2 Å². The predicted octanol–water partition coefficient (Wildman–Crippen LogP) is 3.69. The van der Waals surface area contributed by atoms with E-state index in [4.69, 9.17) is 25.9 Å². The van der Waals surface area contributed by atoms with Gasteiger partial charge in [-0.2, -0.15) is 0 Å². The Balaban J connectivity index is 1.48. The van der Waals surface area contributed by atoms with E-state index in [0.29, 0.717) is 6.42 Å². The topological polar surface area (TPSA) is 167 Å². The molecule has 0 aliphatic carbocycles. The number of ketones is 1. The van der Waals surface area contributed by atoms with Crippen LogP contribution >= 0.6 is 19.5 Å². The minimum absolute atomic E-state index is 0.00328. The standard InChI is InChI=1S/C28H35FN5O7PS/c1-5-27(3,4)26(37)43-13-12-39-42(38,32-15-18-10-8-7-9-11-18)40-16-20-23(36)28(29,6-2)25(41-20)34-17-31-22-19(35)14-21(30)33-24(22)34/h2,7-11,17,20,23,25,36H,5,12-16H2,1,3-4H3,(H2,30,33)(H,32,38)/t20-,23+,25-,28?,42?/m1/s1. The van der Waals surface area contributed by atoms with Gasteiger partial charge in [0, 0.05) is 17.7 Å². The van der Waals surface area contributed by atoms with Gasteiger partial charge in [-0.25, -0.2) is 24.0 Å². The van der Waals surface area contributed by atoms with Crippen molar-refractivity contribution >= 4 is 42.1 Å². The minimum atomic E-state index is -4.08. The number of ether oxygens (including phenoxy) is 1. The number of fused-ring (bicyclic) bond motifs is 1. The quantitative estimate of drug-likeness (QED) is 0.167. The molecular formula is C28H35FN5O7PS. The number of nitrogens with zero attached hydrogens (tertiary/aromatic N) is 3. The number of aromatic nitrogens is 2. The maximum atomic E-state index is 16.1. The number of benzene rings is 1. The van der Waals surface area contributed by atoms with Crippen LogP contribution in [-0.2, 0) is 29.7 Å². The Morgan fingerprint density at radius 3 is 2.79 bits per heavy atom. The molecule has 0 saturated carbocycles. The largest absolute Gasteiger partial charge is 0.405 e. The lowest BCUT2D eigenvalue weighted by molar-refractivity contribution is -0.118. The number of carbonyl (C=O) groups excluding carboxylic acids is 2. The first kappa shape index (κ1) is 33.0. The molecule has 4 N–H and O–H groups in total. The molecule has 5 atom stereocenters. The van der Waals surface area contributed by atoms with Crippen molar-refractivity contribution in [2.45, 2.75) is 64.3 Å². The van der Waals surface area contributed by atoms with Crippen molar-refractivity contribution in [2.24, 2.45) is 16.1 Å². The number of alkyl halides is 1. The first-order valence-electron chi connectivity index (χ1n) is 13.6. The fourth-order valence-corrected chi connectivity index (χ4v) is 6.60. The predicted molar refractivity (Wildman–Crippen MR) is 159 cm³/mol. The fourth-order valence-electron chi connectivity index (χ4n) is 4.28. The van der Waals surface area contributed by atoms with Gasteiger partial charge in [-0.05, 0) is 12.0 Å². The Morgan fingerprint density at radius 2 is 2.12 bits per heavy atom. The van der Waals surface area contributed by atoms with Crippen LogP contribution in [0.15, 0.2) is 41.7 Å². The van der Waals surface area contributed by atoms with Gasteiger partial charge < -0.3 is 15.6 Å². The lowest BCUT2D eigenvalue weighted by Crippen LogP contribution is -2.42. The SMILES string of the molecule is C#CC1(F)[C@@H](O)[C@@H](COP(=O)(NCc2ccccc2)OCCSC(=O)C(C)(C)CC)O[C@H]1n1cnc2c1N=C(N)CC2=O. The maximum Gasteiger partial charge on any atom is 0.405 e. The van der Waals surface area contributed by atoms with Gasteiger partial charge in [-0.15, -0.1) is 6.42 Å². The second-order valence-electron chi connectivity index (χ2n) is 10.7. The van der Waals surface area contributed by atoms with Gasteiger partial charge in [-0.1, -0.05) is 68.8 Å². The van der Waals surface area contributed by atoms with Crippen molar-refractivity contribution in [3.05, 3.63) is 47.9 Å². The summed E-state index contributed by atoms with van der Waals surface area (Å²) in [6.45, 7) is 5.04. The number of Topliss-reactive ketones (excluding diaryl/α,β-unsaturated/α-hetero) is 1. The van der Waals surface area contributed by atoms with E-state index < -0.39 is 49.7 Å². The Bertz CT molecular complexity index is 1460. The Kier molecular flexibility index (Phi) is 10.3. The molecule has 43 heavy (non-hydrogen) atoms. The third-order valence-electron chi connectivity index (χ3n) is 7.29. The number of amidine groups is 1. The number of aliphatic hydroxyl groups is 1. The normalized spacial score (nSPS) is 25.1. The molecule has 4 rings (SSSR count). The summed E-state index contributed by atoms with van der Waals surface area (Å²) in [5.41, 5.74) is 3.20. The van der Waals surface area contributed by atoms with Crippen molar-refractivity contribution in [3.8, 4) is 12.3 Å². The molecule has 2 aliphatic heterocycles. The summed E-state index contributed by atoms with van der Waals surface area (Å²) in [5.74, 6) is 1.69. The molecule has 3 heterocycles. The van der Waals surface area contributed by atoms with Gasteiger partial charge in [0.1, 0.15) is 18.0 Å². The number of rotatable bonds is 13. The molecule has 0 bridgehead atoms. The molecule has 0 radical (unpaired) electrons. The van der Waals surface area contributed by atoms with Crippen molar-refractivity contribution in [2.75, 3.05) is 19.0 Å². The highest BCUT2D eigenvalue weighted by Crippen LogP contribution is 2.48. The summed E-state index contributed by atoms with van der Waals surface area (Å²) in [4.78, 5) is 32.9. The molecule has 2 aliphatic rings. The summed E-state index contributed by atoms with van der Waals surface area (Å²) < 4.78 is 48.0. The smallest absolute Gasteiger partial charge is 0.387 e. The molecule has 1 aromatic heterocycles. The van der Waals surface area contributed by atoms with Crippen LogP contribution in [0.2, 0.25) is 0 Å². The zero-order chi connectivity index (χ0) is 31.4. The molecule has 2 unspecified atom stereocenters. The second-order valence-corrected chi connectivity index (χ2v) is 13.6. The Labute approximate surface area is 253 Å². The highest BCUT2D eigenvalue weighted by atomic mass is 32.2. The number of aliphatic imine (C=N–C) groups is 1. The number of halogens is 1. The summed E-state index contributed by atoms with van der Waals surface area (Å²) in [6, 6.07) is 9.07. The van der Waals surface area contributed by atoms with Crippen LogP contribution in [0.1, 0.15) is 55.9 Å². The van der Waals surface area contributed by atoms with Crippen LogP contribution in [0.5, 0.6) is 0 Å². The van der Waals surface area contributed by atoms with Crippen LogP contribution in [0.25, 0.3) is 0 Å². The summed E-state index contributed by atoms with van der Waals surface area (Å²) in [5, 5.41) is 13.6. The van der Waals surface area contributed by atoms with Gasteiger partial charge in [0.25, 0.3) is 0 Å². The summed E-state index contributed by atoms with van der Waals surface area (Å²) in [7, 11) is -4.08. The molecule has 15 heteroatoms. The number of carbonyl (C=O) groups is 2. The molecule has 232 valence electrons. The molecular weight excluding hydrogens is 600 g/mol. The van der Waals surface area contributed by atoms with Crippen LogP contribution in [0, 0.1) is 17.8 Å². The summed E-state index contributed by atoms with van der Waals surface area (Å²) >= 11 is 1.06. The van der Waals surface area contributed by atoms with Crippen molar-refractivity contribution < 1.29 is 37.4 Å². The third kappa shape index (κ3) is 7.26. The highest BCUT2D eigenvalue weighted by Gasteiger charge is 2.58. The van der Waals surface area contributed by atoms with E-state index in [0.717, 1.165) is 28.2 Å². The number of aliphatic hydroxyl groups excluding tert-OH is 1. The number of nitrogens with one attached hydrogen (secondary N) is 1.